The molecule has 2 aliphatic heterocycles. The number of hydrogen-bond acceptors (Lipinski definition) is 9. The van der Waals surface area contributed by atoms with Crippen molar-refractivity contribution < 1.29 is 29.4 Å². The Balaban J connectivity index is 0.969. The smallest absolute Gasteiger partial charge is 0.240 e. The molecule has 354 valence electrons. The number of fused-ring (bicyclic) bond motifs is 2. The van der Waals surface area contributed by atoms with Crippen molar-refractivity contribution in [3.05, 3.63) is 0 Å². The Morgan fingerprint density at radius 3 is 2.26 bits per heavy atom. The number of hydroxylamine groups is 2. The molecule has 0 aromatic heterocycles. The first-order valence-corrected chi connectivity index (χ1v) is 26.0. The molecule has 7 unspecified atom stereocenters. The van der Waals surface area contributed by atoms with Crippen LogP contribution in [0, 0.1) is 64.6 Å². The van der Waals surface area contributed by atoms with E-state index in [-0.39, 0.29) is 36.5 Å². The first-order valence-electron chi connectivity index (χ1n) is 26.0. The third kappa shape index (κ3) is 9.72. The monoisotopic (exact) mass is 868 g/mol. The summed E-state index contributed by atoms with van der Waals surface area (Å²) in [5, 5.41) is 27.0. The van der Waals surface area contributed by atoms with Crippen LogP contribution in [-0.4, -0.2) is 145 Å². The Morgan fingerprint density at radius 2 is 1.61 bits per heavy atom. The molecule has 11 heteroatoms. The second kappa shape index (κ2) is 20.3. The van der Waals surface area contributed by atoms with Crippen LogP contribution in [0.2, 0.25) is 0 Å². The molecule has 7 aliphatic carbocycles. The van der Waals surface area contributed by atoms with Crippen molar-refractivity contribution >= 4 is 11.8 Å². The SMILES string of the molecule is COC1C(CN2O[C@@H](CO)[C@@H]([C@H](C)O)[C@H]2C(=O)N[C@H]2C[C@H]3C[C@@H]([C@@H]2C)C3(C)C)CCCC1C1CC(C(=O)N2CCN(CC3CCCCC3)CC2C2CCCCC2)CC(N(C)C)C1. The minimum absolute atomic E-state index is 0.0147. The fourth-order valence-corrected chi connectivity index (χ4v) is 15.6. The minimum atomic E-state index is -0.821. The molecule has 11 nitrogen and oxygen atoms in total. The summed E-state index contributed by atoms with van der Waals surface area (Å²) in [5.41, 5.74) is 0.318. The van der Waals surface area contributed by atoms with Crippen molar-refractivity contribution in [2.45, 2.75) is 186 Å². The summed E-state index contributed by atoms with van der Waals surface area (Å²) in [5.74, 6) is 3.62. The normalized spacial score (nSPS) is 41.8. The molecule has 2 saturated heterocycles. The first kappa shape index (κ1) is 47.2. The summed E-state index contributed by atoms with van der Waals surface area (Å²) < 4.78 is 6.56. The summed E-state index contributed by atoms with van der Waals surface area (Å²) in [4.78, 5) is 43.7. The first-order chi connectivity index (χ1) is 29.8. The molecular weight excluding hydrogens is 779 g/mol. The van der Waals surface area contributed by atoms with Crippen molar-refractivity contribution in [1.29, 1.82) is 0 Å². The maximum absolute atomic E-state index is 15.2. The van der Waals surface area contributed by atoms with Crippen LogP contribution in [0.5, 0.6) is 0 Å². The average Bonchev–Trinajstić information content (AvgIpc) is 3.65. The van der Waals surface area contributed by atoms with Gasteiger partial charge in [-0.05, 0) is 138 Å². The number of nitrogens with zero attached hydrogens (tertiary/aromatic N) is 4. The maximum Gasteiger partial charge on any atom is 0.240 e. The number of methoxy groups -OCH3 is 1. The molecule has 2 amide bonds. The molecule has 9 aliphatic rings. The summed E-state index contributed by atoms with van der Waals surface area (Å²) in [6.45, 7) is 13.2. The van der Waals surface area contributed by atoms with Gasteiger partial charge in [0, 0.05) is 75.7 Å². The predicted octanol–water partition coefficient (Wildman–Crippen LogP) is 6.60. The van der Waals surface area contributed by atoms with E-state index >= 15 is 4.79 Å². The van der Waals surface area contributed by atoms with E-state index in [0.717, 1.165) is 70.5 Å². The lowest BCUT2D eigenvalue weighted by atomic mass is 9.45. The second-order valence-corrected chi connectivity index (χ2v) is 23.4. The van der Waals surface area contributed by atoms with Crippen LogP contribution in [0.1, 0.15) is 143 Å². The number of carbonyl (C=O) groups excluding carboxylic acids is 2. The van der Waals surface area contributed by atoms with E-state index in [2.05, 4.69) is 54.9 Å². The van der Waals surface area contributed by atoms with Gasteiger partial charge in [-0.15, -0.1) is 0 Å². The molecule has 0 aromatic rings. The third-order valence-corrected chi connectivity index (χ3v) is 19.4. The van der Waals surface area contributed by atoms with Gasteiger partial charge in [-0.3, -0.25) is 19.3 Å². The fourth-order valence-electron chi connectivity index (χ4n) is 15.6. The van der Waals surface area contributed by atoms with E-state index in [9.17, 15) is 15.0 Å². The number of hydrogen-bond donors (Lipinski definition) is 3. The van der Waals surface area contributed by atoms with E-state index in [1.807, 2.05) is 12.2 Å². The van der Waals surface area contributed by atoms with Gasteiger partial charge in [0.2, 0.25) is 11.8 Å². The molecule has 2 bridgehead atoms. The lowest BCUT2D eigenvalue weighted by molar-refractivity contribution is -0.193. The van der Waals surface area contributed by atoms with Gasteiger partial charge in [0.05, 0.1) is 18.8 Å². The Kier molecular flexibility index (Phi) is 15.4. The number of amides is 2. The van der Waals surface area contributed by atoms with E-state index in [4.69, 9.17) is 9.57 Å². The molecule has 7 saturated carbocycles. The van der Waals surface area contributed by atoms with Crippen LogP contribution in [0.3, 0.4) is 0 Å². The zero-order valence-electron chi connectivity index (χ0n) is 40.1. The summed E-state index contributed by atoms with van der Waals surface area (Å²) in [7, 11) is 6.25. The van der Waals surface area contributed by atoms with Gasteiger partial charge in [-0.25, -0.2) is 0 Å². The molecule has 2 heterocycles. The van der Waals surface area contributed by atoms with Gasteiger partial charge in [0.1, 0.15) is 12.1 Å². The lowest BCUT2D eigenvalue weighted by Gasteiger charge is -2.62. The maximum atomic E-state index is 15.2. The molecule has 3 N–H and O–H groups in total. The minimum Gasteiger partial charge on any atom is -0.394 e. The highest BCUT2D eigenvalue weighted by atomic mass is 16.7. The van der Waals surface area contributed by atoms with Crippen LogP contribution < -0.4 is 5.32 Å². The molecule has 0 aromatic carbocycles. The molecule has 15 atom stereocenters. The molecule has 0 radical (unpaired) electrons. The van der Waals surface area contributed by atoms with Crippen LogP contribution in [0.25, 0.3) is 0 Å². The Bertz CT molecular complexity index is 1480. The number of rotatable bonds is 13. The van der Waals surface area contributed by atoms with Gasteiger partial charge in [-0.2, -0.15) is 5.06 Å². The molecule has 9 fully saturated rings. The van der Waals surface area contributed by atoms with E-state index in [1.165, 1.54) is 77.2 Å². The number of aliphatic hydroxyl groups is 2. The summed E-state index contributed by atoms with van der Waals surface area (Å²) >= 11 is 0. The van der Waals surface area contributed by atoms with E-state index in [1.54, 1.807) is 6.92 Å². The van der Waals surface area contributed by atoms with Gasteiger partial charge < -0.3 is 30.1 Å². The third-order valence-electron chi connectivity index (χ3n) is 19.4. The van der Waals surface area contributed by atoms with Crippen LogP contribution in [0.15, 0.2) is 0 Å². The van der Waals surface area contributed by atoms with Crippen molar-refractivity contribution in [2.75, 3.05) is 60.5 Å². The topological polar surface area (TPSA) is 118 Å². The highest BCUT2D eigenvalue weighted by molar-refractivity contribution is 5.83. The standard InChI is InChI=1S/C51H89N5O6/c1-32-42-26-39(51(42,3)4)27-43(32)52-49(59)47-46(33(2)58)45(31-57)62-56(47)29-36-19-14-20-41(48(36)61-7)37-23-38(25-40(24-37)53(5)6)50(60)55-22-21-54(28-34-15-10-8-11-16-34)30-44(55)35-17-12-9-13-18-35/h32-48,57-58H,8-31H2,1-7H3,(H,52,59)/t32-,33-,36?,37?,38?,39+,40?,41?,42-,43-,44?,45-,46+,47-,48?/m0/s1. The number of nitrogens with one attached hydrogen (secondary N) is 1. The number of carbonyl (C=O) groups is 2. The van der Waals surface area contributed by atoms with Crippen molar-refractivity contribution in [1.82, 2.24) is 25.1 Å². The number of piperazine rings is 1. The van der Waals surface area contributed by atoms with Crippen LogP contribution in [-0.2, 0) is 19.2 Å². The largest absolute Gasteiger partial charge is 0.394 e. The highest BCUT2D eigenvalue weighted by Gasteiger charge is 2.58. The van der Waals surface area contributed by atoms with Crippen LogP contribution in [0.4, 0.5) is 0 Å². The van der Waals surface area contributed by atoms with Crippen molar-refractivity contribution in [3.8, 4) is 0 Å². The summed E-state index contributed by atoms with van der Waals surface area (Å²) in [6, 6.07) is 0.0808. The second-order valence-electron chi connectivity index (χ2n) is 23.4. The number of ether oxygens (including phenoxy) is 1. The fraction of sp³-hybridized carbons (Fsp3) is 0.961. The van der Waals surface area contributed by atoms with E-state index in [0.29, 0.717) is 65.5 Å². The quantitative estimate of drug-likeness (QED) is 0.188. The Labute approximate surface area is 376 Å². The molecule has 62 heavy (non-hydrogen) atoms. The van der Waals surface area contributed by atoms with Gasteiger partial charge in [-0.1, -0.05) is 65.7 Å². The Morgan fingerprint density at radius 1 is 0.887 bits per heavy atom. The lowest BCUT2D eigenvalue weighted by Crippen LogP contribution is -2.62. The summed E-state index contributed by atoms with van der Waals surface area (Å²) in [6.07, 6.45) is 20.1. The van der Waals surface area contributed by atoms with E-state index < -0.39 is 24.2 Å². The highest BCUT2D eigenvalue weighted by Crippen LogP contribution is 2.61. The van der Waals surface area contributed by atoms with Gasteiger partial charge in [0.25, 0.3) is 0 Å². The molecular formula is C51H89N5O6. The molecule has 0 spiro atoms. The number of aliphatic hydroxyl groups excluding tert-OH is 2. The van der Waals surface area contributed by atoms with Gasteiger partial charge >= 0.3 is 0 Å². The average molecular weight is 868 g/mol. The zero-order valence-corrected chi connectivity index (χ0v) is 40.1. The predicted molar refractivity (Wildman–Crippen MR) is 244 cm³/mol. The van der Waals surface area contributed by atoms with Crippen molar-refractivity contribution in [3.63, 3.8) is 0 Å². The Hall–Kier alpha value is -1.34. The zero-order chi connectivity index (χ0) is 43.9. The van der Waals surface area contributed by atoms with Crippen LogP contribution >= 0.6 is 0 Å². The van der Waals surface area contributed by atoms with Gasteiger partial charge in [0.15, 0.2) is 0 Å². The van der Waals surface area contributed by atoms with Crippen molar-refractivity contribution in [2.24, 2.45) is 64.6 Å². The molecule has 9 rings (SSSR count).